The molecule has 0 aliphatic rings. The number of aromatic nitrogens is 5. The summed E-state index contributed by atoms with van der Waals surface area (Å²) < 4.78 is 3.67. The summed E-state index contributed by atoms with van der Waals surface area (Å²) in [5.74, 6) is 0. The van der Waals surface area contributed by atoms with E-state index in [9.17, 15) is 0 Å². The van der Waals surface area contributed by atoms with Crippen molar-refractivity contribution < 1.29 is 4.57 Å². The lowest BCUT2D eigenvalue weighted by Gasteiger charge is -1.93. The third-order valence-electron chi connectivity index (χ3n) is 2.38. The highest BCUT2D eigenvalue weighted by molar-refractivity contribution is 7.19. The van der Waals surface area contributed by atoms with Crippen molar-refractivity contribution in [1.29, 1.82) is 0 Å². The second-order valence-corrected chi connectivity index (χ2v) is 4.31. The zero-order valence-corrected chi connectivity index (χ0v) is 11.6. The number of nitrogens with zero attached hydrogens (tertiary/aromatic N) is 5. The zero-order valence-electron chi connectivity index (χ0n) is 10.7. The molecule has 0 amide bonds. The molecule has 0 fully saturated rings. The number of hydrogen-bond donors (Lipinski definition) is 0. The van der Waals surface area contributed by atoms with Crippen molar-refractivity contribution in [2.24, 2.45) is 0 Å². The van der Waals surface area contributed by atoms with Crippen LogP contribution in [0.5, 0.6) is 0 Å². The van der Waals surface area contributed by atoms with Gasteiger partial charge in [0.05, 0.1) is 0 Å². The normalized spacial score (nSPS) is 10.2. The van der Waals surface area contributed by atoms with E-state index in [1.54, 1.807) is 4.63 Å². The van der Waals surface area contributed by atoms with Crippen molar-refractivity contribution in [3.05, 3.63) is 30.9 Å². The summed E-state index contributed by atoms with van der Waals surface area (Å²) in [5.41, 5.74) is 1.10. The smallest absolute Gasteiger partial charge is 0.205 e. The Morgan fingerprint density at radius 1 is 1.28 bits per heavy atom. The van der Waals surface area contributed by atoms with E-state index in [2.05, 4.69) is 38.8 Å². The predicted molar refractivity (Wildman–Crippen MR) is 71.3 cm³/mol. The Labute approximate surface area is 110 Å². The van der Waals surface area contributed by atoms with Crippen molar-refractivity contribution in [2.75, 3.05) is 0 Å². The molecule has 5 nitrogen and oxygen atoms in total. The fourth-order valence-corrected chi connectivity index (χ4v) is 2.30. The molecule has 0 atom stereocenters. The quantitative estimate of drug-likeness (QED) is 0.665. The lowest BCUT2D eigenvalue weighted by molar-refractivity contribution is -0.693. The van der Waals surface area contributed by atoms with Crippen LogP contribution in [0.3, 0.4) is 0 Å². The van der Waals surface area contributed by atoms with Gasteiger partial charge in [0, 0.05) is 17.7 Å². The lowest BCUT2D eigenvalue weighted by atomic mass is 10.3. The van der Waals surface area contributed by atoms with Crippen LogP contribution in [0.2, 0.25) is 0 Å². The Morgan fingerprint density at radius 3 is 2.61 bits per heavy atom. The average Bonchev–Trinajstić information content (AvgIpc) is 3.02. The Morgan fingerprint density at radius 2 is 2.00 bits per heavy atom. The monoisotopic (exact) mass is 262 g/mol. The third kappa shape index (κ3) is 2.38. The topological polar surface area (TPSA) is 47.0 Å². The highest BCUT2D eigenvalue weighted by Crippen LogP contribution is 2.22. The first-order valence-corrected chi connectivity index (χ1v) is 6.85. The van der Waals surface area contributed by atoms with Crippen molar-refractivity contribution in [1.82, 2.24) is 19.8 Å². The van der Waals surface area contributed by atoms with Gasteiger partial charge in [-0.2, -0.15) is 0 Å². The fourth-order valence-electron chi connectivity index (χ4n) is 1.48. The molecule has 0 aliphatic heterocycles. The molecule has 94 valence electrons. The van der Waals surface area contributed by atoms with Crippen molar-refractivity contribution in [3.63, 3.8) is 0 Å². The Hall–Kier alpha value is -1.82. The molecule has 0 unspecified atom stereocenters. The van der Waals surface area contributed by atoms with Gasteiger partial charge in [-0.3, -0.25) is 0 Å². The van der Waals surface area contributed by atoms with Gasteiger partial charge in [-0.15, -0.1) is 14.8 Å². The van der Waals surface area contributed by atoms with Gasteiger partial charge in [-0.25, -0.2) is 9.55 Å². The molecule has 0 saturated heterocycles. The van der Waals surface area contributed by atoms with Crippen LogP contribution >= 0.6 is 11.3 Å². The fraction of sp³-hybridized carbons (Fsp3) is 0.333. The van der Waals surface area contributed by atoms with E-state index in [0.717, 1.165) is 22.1 Å². The standard InChI is InChI=1S/C10H10N5S.C2H6/c1-2-14-5-3-8(4-6-14)9-13-15-10(16-9)11-7-12-15;1-2/h3-7H,2H2,1H3;1-2H3/q+1;. The van der Waals surface area contributed by atoms with Crippen molar-refractivity contribution in [3.8, 4) is 10.6 Å². The van der Waals surface area contributed by atoms with Crippen LogP contribution in [0.4, 0.5) is 0 Å². The minimum Gasteiger partial charge on any atom is -0.205 e. The van der Waals surface area contributed by atoms with Gasteiger partial charge in [-0.1, -0.05) is 25.2 Å². The largest absolute Gasteiger partial charge is 0.233 e. The van der Waals surface area contributed by atoms with Crippen LogP contribution in [0.1, 0.15) is 20.8 Å². The molecular formula is C12H16N5S+. The molecule has 3 aromatic heterocycles. The number of hydrogen-bond acceptors (Lipinski definition) is 4. The van der Waals surface area contributed by atoms with E-state index in [-0.39, 0.29) is 0 Å². The number of pyridine rings is 1. The van der Waals surface area contributed by atoms with E-state index < -0.39 is 0 Å². The maximum Gasteiger partial charge on any atom is 0.233 e. The number of fused-ring (bicyclic) bond motifs is 1. The first-order valence-electron chi connectivity index (χ1n) is 6.03. The van der Waals surface area contributed by atoms with Gasteiger partial charge in [0.25, 0.3) is 0 Å². The van der Waals surface area contributed by atoms with Gasteiger partial charge < -0.3 is 0 Å². The van der Waals surface area contributed by atoms with E-state index in [0.29, 0.717) is 0 Å². The van der Waals surface area contributed by atoms with Gasteiger partial charge >= 0.3 is 0 Å². The maximum absolute atomic E-state index is 4.35. The molecule has 3 aromatic rings. The predicted octanol–water partition coefficient (Wildman–Crippen LogP) is 2.19. The molecular weight excluding hydrogens is 246 g/mol. The molecule has 6 heteroatoms. The van der Waals surface area contributed by atoms with Gasteiger partial charge in [0.15, 0.2) is 12.4 Å². The summed E-state index contributed by atoms with van der Waals surface area (Å²) in [6, 6.07) is 4.11. The van der Waals surface area contributed by atoms with E-state index in [1.165, 1.54) is 17.7 Å². The van der Waals surface area contributed by atoms with Crippen molar-refractivity contribution >= 4 is 16.3 Å². The van der Waals surface area contributed by atoms with E-state index >= 15 is 0 Å². The zero-order chi connectivity index (χ0) is 13.0. The molecule has 0 aromatic carbocycles. The molecule has 0 bridgehead atoms. The minimum absolute atomic E-state index is 0.822. The summed E-state index contributed by atoms with van der Waals surface area (Å²) in [6.07, 6.45) is 5.61. The SMILES string of the molecule is CC.CC[n+]1ccc(-c2nn3ncnc3s2)cc1. The summed E-state index contributed by atoms with van der Waals surface area (Å²) in [5, 5.41) is 9.29. The summed E-state index contributed by atoms with van der Waals surface area (Å²) in [7, 11) is 0. The number of aryl methyl sites for hydroxylation is 1. The van der Waals surface area contributed by atoms with Crippen LogP contribution < -0.4 is 4.57 Å². The average molecular weight is 262 g/mol. The van der Waals surface area contributed by atoms with Crippen LogP contribution in [0.15, 0.2) is 30.9 Å². The highest BCUT2D eigenvalue weighted by atomic mass is 32.1. The molecule has 0 saturated carbocycles. The van der Waals surface area contributed by atoms with Crippen LogP contribution in [-0.4, -0.2) is 19.8 Å². The van der Waals surface area contributed by atoms with Gasteiger partial charge in [0.1, 0.15) is 17.9 Å². The highest BCUT2D eigenvalue weighted by Gasteiger charge is 2.08. The molecule has 0 spiro atoms. The van der Waals surface area contributed by atoms with Crippen LogP contribution in [0, 0.1) is 0 Å². The lowest BCUT2D eigenvalue weighted by Crippen LogP contribution is -2.30. The Balaban J connectivity index is 0.000000574. The van der Waals surface area contributed by atoms with Gasteiger partial charge in [-0.05, 0) is 6.92 Å². The summed E-state index contributed by atoms with van der Waals surface area (Å²) in [4.78, 5) is 4.92. The van der Waals surface area contributed by atoms with E-state index in [1.807, 2.05) is 26.2 Å². The van der Waals surface area contributed by atoms with E-state index in [4.69, 9.17) is 0 Å². The maximum atomic E-state index is 4.35. The second kappa shape index (κ2) is 5.68. The molecule has 3 rings (SSSR count). The minimum atomic E-state index is 0.822. The summed E-state index contributed by atoms with van der Waals surface area (Å²) >= 11 is 1.54. The Kier molecular flexibility index (Phi) is 3.99. The molecule has 0 N–H and O–H groups in total. The Bertz CT molecular complexity index is 582. The third-order valence-corrected chi connectivity index (χ3v) is 3.34. The second-order valence-electron chi connectivity index (χ2n) is 3.36. The van der Waals surface area contributed by atoms with Crippen LogP contribution in [-0.2, 0) is 6.54 Å². The van der Waals surface area contributed by atoms with Crippen molar-refractivity contribution in [2.45, 2.75) is 27.3 Å². The molecule has 0 radical (unpaired) electrons. The summed E-state index contributed by atoms with van der Waals surface area (Å²) in [6.45, 7) is 7.09. The van der Waals surface area contributed by atoms with Gasteiger partial charge in [0.2, 0.25) is 4.96 Å². The first kappa shape index (κ1) is 12.6. The first-order chi connectivity index (χ1) is 8.86. The van der Waals surface area contributed by atoms with Crippen LogP contribution in [0.25, 0.3) is 15.5 Å². The molecule has 3 heterocycles. The molecule has 0 aliphatic carbocycles. The molecule has 18 heavy (non-hydrogen) atoms. The number of rotatable bonds is 2.